The van der Waals surface area contributed by atoms with Crippen LogP contribution in [0.15, 0.2) is 0 Å². The molecule has 0 aliphatic carbocycles. The molecule has 1 fully saturated rings. The van der Waals surface area contributed by atoms with E-state index in [0.29, 0.717) is 4.88 Å². The lowest BCUT2D eigenvalue weighted by atomic mass is 10.2. The number of rotatable bonds is 4. The van der Waals surface area contributed by atoms with Crippen LogP contribution in [0.4, 0.5) is 5.82 Å². The van der Waals surface area contributed by atoms with Crippen molar-refractivity contribution in [3.63, 3.8) is 0 Å². The summed E-state index contributed by atoms with van der Waals surface area (Å²) in [6, 6.07) is 0. The van der Waals surface area contributed by atoms with Crippen LogP contribution < -0.4 is 4.90 Å². The standard InChI is InChI=1S/C17H23ClN4O2S/c1-5-21-6-8-22(9-7-21)14-12-11(4)13(16(23)24-10(2)3)25-15(12)20-17(18)19-14/h10H,5-9H2,1-4H3. The normalized spacial score (nSPS) is 16.0. The van der Waals surface area contributed by atoms with Crippen molar-refractivity contribution < 1.29 is 9.53 Å². The predicted octanol–water partition coefficient (Wildman–Crippen LogP) is 3.36. The highest BCUT2D eigenvalue weighted by molar-refractivity contribution is 7.20. The van der Waals surface area contributed by atoms with Crippen molar-refractivity contribution in [3.8, 4) is 0 Å². The number of aromatic nitrogens is 2. The number of esters is 1. The van der Waals surface area contributed by atoms with Crippen LogP contribution in [0.1, 0.15) is 36.0 Å². The Hall–Kier alpha value is -1.44. The number of carbonyl (C=O) groups excluding carboxylic acids is 1. The van der Waals surface area contributed by atoms with Crippen LogP contribution >= 0.6 is 22.9 Å². The highest BCUT2D eigenvalue weighted by atomic mass is 35.5. The lowest BCUT2D eigenvalue weighted by Crippen LogP contribution is -2.46. The molecule has 6 nitrogen and oxygen atoms in total. The molecule has 25 heavy (non-hydrogen) atoms. The van der Waals surface area contributed by atoms with Gasteiger partial charge in [0.1, 0.15) is 15.5 Å². The molecule has 0 saturated carbocycles. The molecule has 1 aliphatic heterocycles. The molecule has 0 unspecified atom stereocenters. The minimum atomic E-state index is -0.312. The number of aryl methyl sites for hydroxylation is 1. The van der Waals surface area contributed by atoms with Gasteiger partial charge in [-0.2, -0.15) is 4.98 Å². The molecule has 2 aromatic rings. The van der Waals surface area contributed by atoms with E-state index in [0.717, 1.165) is 54.3 Å². The average Bonchev–Trinajstić information content (AvgIpc) is 2.90. The zero-order valence-corrected chi connectivity index (χ0v) is 16.6. The summed E-state index contributed by atoms with van der Waals surface area (Å²) >= 11 is 7.48. The topological polar surface area (TPSA) is 58.6 Å². The van der Waals surface area contributed by atoms with Crippen molar-refractivity contribution >= 4 is 44.9 Å². The van der Waals surface area contributed by atoms with Gasteiger partial charge in [0.15, 0.2) is 0 Å². The molecule has 8 heteroatoms. The van der Waals surface area contributed by atoms with E-state index in [1.54, 1.807) is 0 Å². The zero-order valence-electron chi connectivity index (χ0n) is 15.0. The molecular formula is C17H23ClN4O2S. The summed E-state index contributed by atoms with van der Waals surface area (Å²) in [6.45, 7) is 12.6. The third-order valence-electron chi connectivity index (χ3n) is 4.39. The first kappa shape index (κ1) is 18.4. The molecule has 2 aromatic heterocycles. The number of nitrogens with zero attached hydrogens (tertiary/aromatic N) is 4. The number of thiophene rings is 1. The number of fused-ring (bicyclic) bond motifs is 1. The van der Waals surface area contributed by atoms with Gasteiger partial charge in [-0.15, -0.1) is 11.3 Å². The van der Waals surface area contributed by atoms with Crippen LogP contribution in [0.2, 0.25) is 5.28 Å². The van der Waals surface area contributed by atoms with E-state index in [-0.39, 0.29) is 17.4 Å². The second-order valence-corrected chi connectivity index (χ2v) is 7.77. The molecule has 0 radical (unpaired) electrons. The molecule has 1 saturated heterocycles. The molecule has 3 rings (SSSR count). The quantitative estimate of drug-likeness (QED) is 0.597. The van der Waals surface area contributed by atoms with Crippen LogP contribution in [0.5, 0.6) is 0 Å². The summed E-state index contributed by atoms with van der Waals surface area (Å²) < 4.78 is 5.36. The van der Waals surface area contributed by atoms with Gasteiger partial charge < -0.3 is 14.5 Å². The summed E-state index contributed by atoms with van der Waals surface area (Å²) in [7, 11) is 0. The molecule has 0 spiro atoms. The molecule has 0 amide bonds. The minimum Gasteiger partial charge on any atom is -0.459 e. The third-order valence-corrected chi connectivity index (χ3v) is 5.73. The maximum atomic E-state index is 12.4. The number of anilines is 1. The molecule has 0 atom stereocenters. The first-order chi connectivity index (χ1) is 11.9. The van der Waals surface area contributed by atoms with E-state index in [4.69, 9.17) is 16.3 Å². The molecular weight excluding hydrogens is 360 g/mol. The first-order valence-corrected chi connectivity index (χ1v) is 9.75. The van der Waals surface area contributed by atoms with Crippen LogP contribution in [0, 0.1) is 6.92 Å². The Kier molecular flexibility index (Phi) is 5.46. The van der Waals surface area contributed by atoms with Crippen molar-refractivity contribution in [2.45, 2.75) is 33.8 Å². The van der Waals surface area contributed by atoms with Crippen molar-refractivity contribution in [2.24, 2.45) is 0 Å². The van der Waals surface area contributed by atoms with Gasteiger partial charge in [-0.3, -0.25) is 0 Å². The van der Waals surface area contributed by atoms with E-state index in [1.165, 1.54) is 11.3 Å². The number of hydrogen-bond donors (Lipinski definition) is 0. The van der Waals surface area contributed by atoms with E-state index >= 15 is 0 Å². The second-order valence-electron chi connectivity index (χ2n) is 6.43. The van der Waals surface area contributed by atoms with Gasteiger partial charge in [-0.1, -0.05) is 6.92 Å². The molecule has 136 valence electrons. The first-order valence-electron chi connectivity index (χ1n) is 8.55. The summed E-state index contributed by atoms with van der Waals surface area (Å²) in [5.41, 5.74) is 0.871. The van der Waals surface area contributed by atoms with Crippen molar-refractivity contribution in [1.82, 2.24) is 14.9 Å². The lowest BCUT2D eigenvalue weighted by Gasteiger charge is -2.35. The third kappa shape index (κ3) is 3.73. The fourth-order valence-electron chi connectivity index (χ4n) is 3.06. The van der Waals surface area contributed by atoms with Gasteiger partial charge in [0.25, 0.3) is 0 Å². The molecule has 3 heterocycles. The molecule has 0 aromatic carbocycles. The second kappa shape index (κ2) is 7.43. The van der Waals surface area contributed by atoms with E-state index < -0.39 is 0 Å². The van der Waals surface area contributed by atoms with Gasteiger partial charge in [0.05, 0.1) is 11.5 Å². The zero-order chi connectivity index (χ0) is 18.1. The summed E-state index contributed by atoms with van der Waals surface area (Å²) in [4.78, 5) is 27.2. The van der Waals surface area contributed by atoms with Crippen molar-refractivity contribution in [3.05, 3.63) is 15.7 Å². The fraction of sp³-hybridized carbons (Fsp3) is 0.588. The van der Waals surface area contributed by atoms with Gasteiger partial charge in [-0.05, 0) is 44.5 Å². The molecule has 0 N–H and O–H groups in total. The number of likely N-dealkylation sites (N-methyl/N-ethyl adjacent to an activating group) is 1. The Morgan fingerprint density at radius 2 is 1.96 bits per heavy atom. The van der Waals surface area contributed by atoms with Gasteiger partial charge in [0.2, 0.25) is 5.28 Å². The highest BCUT2D eigenvalue weighted by Gasteiger charge is 2.26. The van der Waals surface area contributed by atoms with Crippen LogP contribution in [0.3, 0.4) is 0 Å². The largest absolute Gasteiger partial charge is 0.459 e. The van der Waals surface area contributed by atoms with Gasteiger partial charge in [-0.25, -0.2) is 9.78 Å². The maximum Gasteiger partial charge on any atom is 0.348 e. The Morgan fingerprint density at radius 3 is 2.56 bits per heavy atom. The Morgan fingerprint density at radius 1 is 1.28 bits per heavy atom. The van der Waals surface area contributed by atoms with Crippen LogP contribution in [0.25, 0.3) is 10.2 Å². The molecule has 0 bridgehead atoms. The number of hydrogen-bond acceptors (Lipinski definition) is 7. The smallest absolute Gasteiger partial charge is 0.348 e. The minimum absolute atomic E-state index is 0.159. The lowest BCUT2D eigenvalue weighted by molar-refractivity contribution is 0.0383. The number of ether oxygens (including phenoxy) is 1. The summed E-state index contributed by atoms with van der Waals surface area (Å²) in [5.74, 6) is 0.511. The SMILES string of the molecule is CCN1CCN(c2nc(Cl)nc3sc(C(=O)OC(C)C)c(C)c23)CC1. The Balaban J connectivity index is 2.01. The fourth-order valence-corrected chi connectivity index (χ4v) is 4.33. The monoisotopic (exact) mass is 382 g/mol. The van der Waals surface area contributed by atoms with Crippen molar-refractivity contribution in [2.75, 3.05) is 37.6 Å². The summed E-state index contributed by atoms with van der Waals surface area (Å²) in [6.07, 6.45) is -0.159. The highest BCUT2D eigenvalue weighted by Crippen LogP contribution is 2.37. The number of carbonyl (C=O) groups is 1. The van der Waals surface area contributed by atoms with Crippen LogP contribution in [-0.2, 0) is 4.74 Å². The van der Waals surface area contributed by atoms with E-state index in [9.17, 15) is 4.79 Å². The van der Waals surface area contributed by atoms with Crippen LogP contribution in [-0.4, -0.2) is 59.7 Å². The van der Waals surface area contributed by atoms with Gasteiger partial charge in [0, 0.05) is 26.2 Å². The van der Waals surface area contributed by atoms with E-state index in [1.807, 2.05) is 20.8 Å². The van der Waals surface area contributed by atoms with Crippen molar-refractivity contribution in [1.29, 1.82) is 0 Å². The Bertz CT molecular complexity index is 785. The van der Waals surface area contributed by atoms with Gasteiger partial charge >= 0.3 is 5.97 Å². The number of halogens is 1. The maximum absolute atomic E-state index is 12.4. The molecule has 1 aliphatic rings. The number of piperazine rings is 1. The Labute approximate surface area is 156 Å². The average molecular weight is 383 g/mol. The van der Waals surface area contributed by atoms with E-state index in [2.05, 4.69) is 26.7 Å². The predicted molar refractivity (Wildman–Crippen MR) is 102 cm³/mol. The summed E-state index contributed by atoms with van der Waals surface area (Å²) in [5, 5.41) is 1.13.